The zero-order chi connectivity index (χ0) is 21.7. The van der Waals surface area contributed by atoms with Gasteiger partial charge in [-0.3, -0.25) is 4.79 Å². The number of anilines is 3. The van der Waals surface area contributed by atoms with Crippen LogP contribution in [0, 0.1) is 6.92 Å². The first-order valence-corrected chi connectivity index (χ1v) is 9.71. The number of nitrogens with zero attached hydrogens (tertiary/aromatic N) is 2. The standard InChI is InChI=1S/C21H21BrN4O4/c1-12-9-17(24-11-23-12)25-13-5-7-14(8-6-13)26-21(27)15-10-16(28-2)19(29-3)20(30-4)18(15)22/h5-11H,1-4H3,(H,26,27)(H,23,24,25). The van der Waals surface area contributed by atoms with Crippen molar-refractivity contribution < 1.29 is 19.0 Å². The highest BCUT2D eigenvalue weighted by Crippen LogP contribution is 2.44. The van der Waals surface area contributed by atoms with Gasteiger partial charge in [-0.2, -0.15) is 0 Å². The second-order valence-corrected chi connectivity index (χ2v) is 7.00. The van der Waals surface area contributed by atoms with E-state index in [1.165, 1.54) is 27.7 Å². The van der Waals surface area contributed by atoms with Gasteiger partial charge in [0.2, 0.25) is 5.75 Å². The van der Waals surface area contributed by atoms with Crippen LogP contribution in [0.3, 0.4) is 0 Å². The van der Waals surface area contributed by atoms with E-state index in [4.69, 9.17) is 14.2 Å². The zero-order valence-electron chi connectivity index (χ0n) is 16.9. The van der Waals surface area contributed by atoms with Crippen LogP contribution in [0.25, 0.3) is 0 Å². The number of carbonyl (C=O) groups excluding carboxylic acids is 1. The number of rotatable bonds is 7. The van der Waals surface area contributed by atoms with Gasteiger partial charge in [0.25, 0.3) is 5.91 Å². The first kappa shape index (κ1) is 21.4. The highest BCUT2D eigenvalue weighted by molar-refractivity contribution is 9.10. The molecule has 3 aromatic rings. The minimum Gasteiger partial charge on any atom is -0.493 e. The molecule has 2 N–H and O–H groups in total. The Bertz CT molecular complexity index is 1060. The summed E-state index contributed by atoms with van der Waals surface area (Å²) in [6.45, 7) is 1.90. The second kappa shape index (κ2) is 9.45. The summed E-state index contributed by atoms with van der Waals surface area (Å²) in [7, 11) is 4.50. The third-order valence-corrected chi connectivity index (χ3v) is 5.02. The molecule has 0 radical (unpaired) electrons. The van der Waals surface area contributed by atoms with Crippen LogP contribution in [0.4, 0.5) is 17.2 Å². The molecule has 9 heteroatoms. The number of benzene rings is 2. The molecular formula is C21H21BrN4O4. The predicted molar refractivity (Wildman–Crippen MR) is 118 cm³/mol. The molecule has 0 saturated heterocycles. The van der Waals surface area contributed by atoms with E-state index in [1.54, 1.807) is 18.2 Å². The Labute approximate surface area is 182 Å². The van der Waals surface area contributed by atoms with Gasteiger partial charge in [0.1, 0.15) is 12.1 Å². The van der Waals surface area contributed by atoms with Gasteiger partial charge in [0, 0.05) is 23.1 Å². The number of methoxy groups -OCH3 is 3. The topological polar surface area (TPSA) is 94.6 Å². The van der Waals surface area contributed by atoms with Crippen molar-refractivity contribution in [3.8, 4) is 17.2 Å². The van der Waals surface area contributed by atoms with Crippen molar-refractivity contribution in [2.24, 2.45) is 0 Å². The maximum atomic E-state index is 12.9. The maximum absolute atomic E-state index is 12.9. The van der Waals surface area contributed by atoms with E-state index in [-0.39, 0.29) is 5.91 Å². The Kier molecular flexibility index (Phi) is 6.73. The van der Waals surface area contributed by atoms with Crippen LogP contribution in [-0.4, -0.2) is 37.2 Å². The summed E-state index contributed by atoms with van der Waals surface area (Å²) >= 11 is 3.42. The Morgan fingerprint density at radius 1 is 0.933 bits per heavy atom. The van der Waals surface area contributed by atoms with Crippen LogP contribution in [0.15, 0.2) is 47.2 Å². The SMILES string of the molecule is COc1cc(C(=O)Nc2ccc(Nc3cc(C)ncn3)cc2)c(Br)c(OC)c1OC. The zero-order valence-corrected chi connectivity index (χ0v) is 18.5. The predicted octanol–water partition coefficient (Wildman–Crippen LogP) is 4.57. The molecule has 1 heterocycles. The maximum Gasteiger partial charge on any atom is 0.257 e. The largest absolute Gasteiger partial charge is 0.493 e. The molecule has 1 amide bonds. The van der Waals surface area contributed by atoms with Crippen LogP contribution in [0.5, 0.6) is 17.2 Å². The fourth-order valence-corrected chi connectivity index (χ4v) is 3.43. The minimum atomic E-state index is -0.326. The number of hydrogen-bond acceptors (Lipinski definition) is 7. The first-order valence-electron chi connectivity index (χ1n) is 8.92. The molecule has 0 aliphatic carbocycles. The lowest BCUT2D eigenvalue weighted by Gasteiger charge is -2.16. The average Bonchev–Trinajstić information content (AvgIpc) is 2.74. The quantitative estimate of drug-likeness (QED) is 0.519. The smallest absolute Gasteiger partial charge is 0.257 e. The molecule has 0 atom stereocenters. The van der Waals surface area contributed by atoms with E-state index >= 15 is 0 Å². The third kappa shape index (κ3) is 4.62. The summed E-state index contributed by atoms with van der Waals surface area (Å²) in [6.07, 6.45) is 1.50. The summed E-state index contributed by atoms with van der Waals surface area (Å²) in [5.74, 6) is 1.54. The number of halogens is 1. The van der Waals surface area contributed by atoms with Crippen molar-refractivity contribution in [2.75, 3.05) is 32.0 Å². The van der Waals surface area contributed by atoms with Gasteiger partial charge in [-0.1, -0.05) is 0 Å². The van der Waals surface area contributed by atoms with Crippen LogP contribution >= 0.6 is 15.9 Å². The highest BCUT2D eigenvalue weighted by Gasteiger charge is 2.23. The number of hydrogen-bond donors (Lipinski definition) is 2. The second-order valence-electron chi connectivity index (χ2n) is 6.21. The summed E-state index contributed by atoms with van der Waals surface area (Å²) < 4.78 is 16.5. The fraction of sp³-hybridized carbons (Fsp3) is 0.190. The Hall–Kier alpha value is -3.33. The van der Waals surface area contributed by atoms with E-state index in [0.717, 1.165) is 11.4 Å². The van der Waals surface area contributed by atoms with Crippen LogP contribution in [0.1, 0.15) is 16.1 Å². The molecule has 3 rings (SSSR count). The Balaban J connectivity index is 1.79. The summed E-state index contributed by atoms with van der Waals surface area (Å²) in [4.78, 5) is 21.1. The van der Waals surface area contributed by atoms with E-state index < -0.39 is 0 Å². The number of nitrogens with one attached hydrogen (secondary N) is 2. The van der Waals surface area contributed by atoms with Gasteiger partial charge >= 0.3 is 0 Å². The van der Waals surface area contributed by atoms with Gasteiger partial charge in [-0.15, -0.1) is 0 Å². The normalized spacial score (nSPS) is 10.3. The number of aryl methyl sites for hydroxylation is 1. The van der Waals surface area contributed by atoms with Gasteiger partial charge < -0.3 is 24.8 Å². The van der Waals surface area contributed by atoms with Gasteiger partial charge in [0.15, 0.2) is 11.5 Å². The average molecular weight is 473 g/mol. The van der Waals surface area contributed by atoms with Crippen molar-refractivity contribution in [3.63, 3.8) is 0 Å². The molecule has 0 saturated carbocycles. The van der Waals surface area contributed by atoms with E-state index in [2.05, 4.69) is 36.5 Å². The van der Waals surface area contributed by atoms with Crippen LogP contribution in [0.2, 0.25) is 0 Å². The number of amides is 1. The third-order valence-electron chi connectivity index (χ3n) is 4.23. The first-order chi connectivity index (χ1) is 14.5. The minimum absolute atomic E-state index is 0.326. The van der Waals surface area contributed by atoms with Crippen molar-refractivity contribution in [2.45, 2.75) is 6.92 Å². The van der Waals surface area contributed by atoms with Gasteiger partial charge in [0.05, 0.1) is 31.4 Å². The lowest BCUT2D eigenvalue weighted by Crippen LogP contribution is -2.13. The molecule has 1 aromatic heterocycles. The fourth-order valence-electron chi connectivity index (χ4n) is 2.79. The van der Waals surface area contributed by atoms with Gasteiger partial charge in [-0.25, -0.2) is 9.97 Å². The molecule has 0 bridgehead atoms. The molecule has 8 nitrogen and oxygen atoms in total. The van der Waals surface area contributed by atoms with Crippen molar-refractivity contribution in [1.29, 1.82) is 0 Å². The molecule has 0 fully saturated rings. The van der Waals surface area contributed by atoms with Crippen molar-refractivity contribution >= 4 is 39.0 Å². The molecule has 0 aliphatic rings. The van der Waals surface area contributed by atoms with Gasteiger partial charge in [-0.05, 0) is 53.2 Å². The van der Waals surface area contributed by atoms with E-state index in [1.807, 2.05) is 25.1 Å². The molecular weight excluding hydrogens is 452 g/mol. The Morgan fingerprint density at radius 2 is 1.60 bits per heavy atom. The molecule has 30 heavy (non-hydrogen) atoms. The van der Waals surface area contributed by atoms with Crippen LogP contribution in [-0.2, 0) is 0 Å². The Morgan fingerprint density at radius 3 is 2.20 bits per heavy atom. The van der Waals surface area contributed by atoms with Crippen LogP contribution < -0.4 is 24.8 Å². The number of ether oxygens (including phenoxy) is 3. The number of carbonyl (C=O) groups is 1. The summed E-state index contributed by atoms with van der Waals surface area (Å²) in [6, 6.07) is 10.7. The van der Waals surface area contributed by atoms with Crippen molar-refractivity contribution in [3.05, 3.63) is 58.5 Å². The van der Waals surface area contributed by atoms with E-state index in [0.29, 0.717) is 38.8 Å². The molecule has 2 aromatic carbocycles. The lowest BCUT2D eigenvalue weighted by atomic mass is 10.1. The molecule has 0 spiro atoms. The summed E-state index contributed by atoms with van der Waals surface area (Å²) in [5.41, 5.74) is 2.68. The molecule has 0 unspecified atom stereocenters. The lowest BCUT2D eigenvalue weighted by molar-refractivity contribution is 0.102. The van der Waals surface area contributed by atoms with Crippen molar-refractivity contribution in [1.82, 2.24) is 9.97 Å². The molecule has 0 aliphatic heterocycles. The monoisotopic (exact) mass is 472 g/mol. The van der Waals surface area contributed by atoms with E-state index in [9.17, 15) is 4.79 Å². The number of aromatic nitrogens is 2. The molecule has 156 valence electrons. The summed E-state index contributed by atoms with van der Waals surface area (Å²) in [5, 5.41) is 6.06. The highest BCUT2D eigenvalue weighted by atomic mass is 79.9.